The second kappa shape index (κ2) is 8.90. The summed E-state index contributed by atoms with van der Waals surface area (Å²) in [5.74, 6) is 1.73. The summed E-state index contributed by atoms with van der Waals surface area (Å²) in [6.45, 7) is 6.58. The first-order valence-electron chi connectivity index (χ1n) is 7.79. The molecular formula is C15H28N4O3S. The monoisotopic (exact) mass is 344 g/mol. The molecule has 2 N–H and O–H groups in total. The zero-order chi connectivity index (χ0) is 17.5. The molecule has 1 atom stereocenters. The summed E-state index contributed by atoms with van der Waals surface area (Å²) in [4.78, 5) is 4.16. The van der Waals surface area contributed by atoms with E-state index in [2.05, 4.69) is 20.8 Å². The lowest BCUT2D eigenvalue weighted by atomic mass is 10.1. The van der Waals surface area contributed by atoms with Crippen LogP contribution < -0.4 is 10.6 Å². The molecular weight excluding hydrogens is 316 g/mol. The van der Waals surface area contributed by atoms with Crippen LogP contribution in [0.15, 0.2) is 9.52 Å². The van der Waals surface area contributed by atoms with Gasteiger partial charge in [-0.1, -0.05) is 5.16 Å². The largest absolute Gasteiger partial charge is 0.361 e. The van der Waals surface area contributed by atoms with Crippen LogP contribution in [0.2, 0.25) is 0 Å². The van der Waals surface area contributed by atoms with Gasteiger partial charge in [0, 0.05) is 31.5 Å². The van der Waals surface area contributed by atoms with E-state index < -0.39 is 9.84 Å². The quantitative estimate of drug-likeness (QED) is 0.418. The Morgan fingerprint density at radius 3 is 2.61 bits per heavy atom. The number of aromatic nitrogens is 1. The summed E-state index contributed by atoms with van der Waals surface area (Å²) in [6.07, 6.45) is 3.64. The highest BCUT2D eigenvalue weighted by atomic mass is 32.2. The molecule has 0 aromatic carbocycles. The Labute approximate surface area is 138 Å². The average molecular weight is 344 g/mol. The molecule has 8 heteroatoms. The number of rotatable bonds is 8. The van der Waals surface area contributed by atoms with Gasteiger partial charge < -0.3 is 15.2 Å². The number of aryl methyl sites for hydroxylation is 2. The van der Waals surface area contributed by atoms with Crippen LogP contribution in [0.25, 0.3) is 0 Å². The molecule has 1 aromatic heterocycles. The van der Waals surface area contributed by atoms with E-state index >= 15 is 0 Å². The Hall–Kier alpha value is -1.57. The van der Waals surface area contributed by atoms with Crippen molar-refractivity contribution in [3.63, 3.8) is 0 Å². The maximum absolute atomic E-state index is 11.2. The van der Waals surface area contributed by atoms with Crippen LogP contribution in [-0.4, -0.2) is 51.2 Å². The fraction of sp³-hybridized carbons (Fsp3) is 0.733. The van der Waals surface area contributed by atoms with Gasteiger partial charge in [0.15, 0.2) is 5.96 Å². The third-order valence-electron chi connectivity index (χ3n) is 3.61. The minimum absolute atomic E-state index is 0.0403. The van der Waals surface area contributed by atoms with Gasteiger partial charge in [-0.15, -0.1) is 0 Å². The van der Waals surface area contributed by atoms with Gasteiger partial charge in [0.05, 0.1) is 11.4 Å². The second-order valence-corrected chi connectivity index (χ2v) is 8.13. The lowest BCUT2D eigenvalue weighted by Gasteiger charge is -2.17. The van der Waals surface area contributed by atoms with Crippen LogP contribution in [0, 0.1) is 13.8 Å². The van der Waals surface area contributed by atoms with E-state index in [0.717, 1.165) is 36.4 Å². The normalized spacial score (nSPS) is 13.9. The molecule has 0 aliphatic rings. The van der Waals surface area contributed by atoms with E-state index in [4.69, 9.17) is 4.52 Å². The Bertz CT molecular complexity index is 603. The van der Waals surface area contributed by atoms with E-state index in [1.807, 2.05) is 20.8 Å². The summed E-state index contributed by atoms with van der Waals surface area (Å²) >= 11 is 0. The molecule has 1 rings (SSSR count). The van der Waals surface area contributed by atoms with Gasteiger partial charge in [-0.2, -0.15) is 0 Å². The van der Waals surface area contributed by atoms with Crippen molar-refractivity contribution in [2.45, 2.75) is 46.1 Å². The van der Waals surface area contributed by atoms with Crippen molar-refractivity contribution in [2.75, 3.05) is 25.6 Å². The van der Waals surface area contributed by atoms with E-state index in [1.165, 1.54) is 6.26 Å². The fourth-order valence-corrected chi connectivity index (χ4v) is 3.00. The summed E-state index contributed by atoms with van der Waals surface area (Å²) in [5, 5.41) is 10.4. The molecule has 23 heavy (non-hydrogen) atoms. The highest BCUT2D eigenvalue weighted by Crippen LogP contribution is 2.13. The van der Waals surface area contributed by atoms with Crippen LogP contribution in [0.3, 0.4) is 0 Å². The lowest BCUT2D eigenvalue weighted by molar-refractivity contribution is 0.392. The second-order valence-electron chi connectivity index (χ2n) is 5.87. The predicted molar refractivity (Wildman–Crippen MR) is 92.6 cm³/mol. The van der Waals surface area contributed by atoms with Crippen molar-refractivity contribution in [2.24, 2.45) is 4.99 Å². The van der Waals surface area contributed by atoms with Crippen LogP contribution in [0.1, 0.15) is 36.8 Å². The minimum atomic E-state index is -2.93. The van der Waals surface area contributed by atoms with Crippen molar-refractivity contribution in [1.82, 2.24) is 15.8 Å². The SMILES string of the molecule is CN=C(NCCCc1c(C)noc1C)NC(C)CCS(C)(=O)=O. The molecule has 1 heterocycles. The number of nitrogens with one attached hydrogen (secondary N) is 2. The number of guanidine groups is 1. The van der Waals surface area contributed by atoms with Gasteiger partial charge in [-0.3, -0.25) is 4.99 Å². The summed E-state index contributed by atoms with van der Waals surface area (Å²) in [6, 6.07) is 0.0403. The lowest BCUT2D eigenvalue weighted by Crippen LogP contribution is -2.43. The third-order valence-corrected chi connectivity index (χ3v) is 4.58. The van der Waals surface area contributed by atoms with Gasteiger partial charge in [0.2, 0.25) is 0 Å². The Kier molecular flexibility index (Phi) is 7.54. The average Bonchev–Trinajstić information content (AvgIpc) is 2.78. The molecule has 1 aromatic rings. The molecule has 0 saturated carbocycles. The Morgan fingerprint density at radius 2 is 2.09 bits per heavy atom. The van der Waals surface area contributed by atoms with Crippen molar-refractivity contribution in [3.8, 4) is 0 Å². The first kappa shape index (κ1) is 19.5. The molecule has 0 amide bonds. The highest BCUT2D eigenvalue weighted by Gasteiger charge is 2.10. The zero-order valence-electron chi connectivity index (χ0n) is 14.6. The number of sulfone groups is 1. The van der Waals surface area contributed by atoms with Crippen LogP contribution in [0.4, 0.5) is 0 Å². The van der Waals surface area contributed by atoms with Gasteiger partial charge in [-0.05, 0) is 40.0 Å². The molecule has 0 fully saturated rings. The van der Waals surface area contributed by atoms with Gasteiger partial charge in [0.1, 0.15) is 15.6 Å². The number of hydrogen-bond acceptors (Lipinski definition) is 5. The summed E-state index contributed by atoms with van der Waals surface area (Å²) < 4.78 is 27.5. The first-order valence-corrected chi connectivity index (χ1v) is 9.85. The predicted octanol–water partition coefficient (Wildman–Crippen LogP) is 1.21. The molecule has 0 spiro atoms. The van der Waals surface area contributed by atoms with Gasteiger partial charge >= 0.3 is 0 Å². The third kappa shape index (κ3) is 7.49. The summed E-state index contributed by atoms with van der Waals surface area (Å²) in [5.41, 5.74) is 2.11. The first-order chi connectivity index (χ1) is 10.7. The fourth-order valence-electron chi connectivity index (χ4n) is 2.22. The Morgan fingerprint density at radius 1 is 1.39 bits per heavy atom. The molecule has 0 bridgehead atoms. The van der Waals surface area contributed by atoms with E-state index in [-0.39, 0.29) is 11.8 Å². The van der Waals surface area contributed by atoms with Crippen molar-refractivity contribution in [1.29, 1.82) is 0 Å². The van der Waals surface area contributed by atoms with E-state index in [0.29, 0.717) is 12.4 Å². The molecule has 0 saturated heterocycles. The molecule has 7 nitrogen and oxygen atoms in total. The van der Waals surface area contributed by atoms with Crippen LogP contribution in [0.5, 0.6) is 0 Å². The van der Waals surface area contributed by atoms with Crippen LogP contribution >= 0.6 is 0 Å². The Balaban J connectivity index is 2.31. The van der Waals surface area contributed by atoms with Crippen LogP contribution in [-0.2, 0) is 16.3 Å². The van der Waals surface area contributed by atoms with E-state index in [9.17, 15) is 8.42 Å². The number of nitrogens with zero attached hydrogens (tertiary/aromatic N) is 2. The molecule has 0 aliphatic carbocycles. The molecule has 132 valence electrons. The number of hydrogen-bond donors (Lipinski definition) is 2. The van der Waals surface area contributed by atoms with Crippen molar-refractivity contribution >= 4 is 15.8 Å². The maximum atomic E-state index is 11.2. The van der Waals surface area contributed by atoms with Gasteiger partial charge in [-0.25, -0.2) is 8.42 Å². The van der Waals surface area contributed by atoms with Crippen molar-refractivity contribution in [3.05, 3.63) is 17.0 Å². The van der Waals surface area contributed by atoms with E-state index in [1.54, 1.807) is 7.05 Å². The maximum Gasteiger partial charge on any atom is 0.191 e. The zero-order valence-corrected chi connectivity index (χ0v) is 15.5. The topological polar surface area (TPSA) is 96.6 Å². The molecule has 0 aliphatic heterocycles. The smallest absolute Gasteiger partial charge is 0.191 e. The molecule has 1 unspecified atom stereocenters. The summed E-state index contributed by atoms with van der Waals surface area (Å²) in [7, 11) is -1.23. The minimum Gasteiger partial charge on any atom is -0.361 e. The number of aliphatic imine (C=N–C) groups is 1. The van der Waals surface area contributed by atoms with Crippen molar-refractivity contribution < 1.29 is 12.9 Å². The highest BCUT2D eigenvalue weighted by molar-refractivity contribution is 7.90. The standard InChI is InChI=1S/C15H28N4O3S/c1-11(8-10-23(5,20)21)18-15(16-4)17-9-6-7-14-12(2)19-22-13(14)3/h11H,6-10H2,1-5H3,(H2,16,17,18). The van der Waals surface area contributed by atoms with Gasteiger partial charge in [0.25, 0.3) is 0 Å². The molecule has 0 radical (unpaired) electrons.